The maximum atomic E-state index is 13.0. The summed E-state index contributed by atoms with van der Waals surface area (Å²) in [6.07, 6.45) is 0.888. The molecular weight excluding hydrogens is 324 g/mol. The molecule has 0 amide bonds. The molecule has 1 aliphatic heterocycles. The number of hydrogen-bond acceptors (Lipinski definition) is 4. The Bertz CT molecular complexity index is 766. The molecule has 0 aliphatic carbocycles. The zero-order chi connectivity index (χ0) is 16.6. The number of hydrogen-bond donors (Lipinski definition) is 0. The van der Waals surface area contributed by atoms with Gasteiger partial charge < -0.3 is 0 Å². The molecule has 1 aliphatic rings. The first-order valence-electron chi connectivity index (χ1n) is 7.98. The Morgan fingerprint density at radius 2 is 2.04 bits per heavy atom. The van der Waals surface area contributed by atoms with Gasteiger partial charge in [0.25, 0.3) is 5.56 Å². The van der Waals surface area contributed by atoms with Crippen LogP contribution in [-0.4, -0.2) is 20.6 Å². The van der Waals surface area contributed by atoms with Gasteiger partial charge in [0.2, 0.25) is 0 Å². The number of aromatic nitrogens is 2. The number of benzene rings is 1. The third-order valence-corrected chi connectivity index (χ3v) is 6.30. The molecule has 0 saturated carbocycles. The molecule has 122 valence electrons. The lowest BCUT2D eigenvalue weighted by Gasteiger charge is -2.14. The Morgan fingerprint density at radius 3 is 2.70 bits per heavy atom. The van der Waals surface area contributed by atoms with Gasteiger partial charge in [-0.15, -0.1) is 11.8 Å². The molecule has 1 unspecified atom stereocenters. The Labute approximate surface area is 145 Å². The molecule has 3 nitrogen and oxygen atoms in total. The van der Waals surface area contributed by atoms with E-state index in [0.29, 0.717) is 11.2 Å². The molecule has 2 aromatic rings. The summed E-state index contributed by atoms with van der Waals surface area (Å²) in [5.41, 5.74) is 3.15. The summed E-state index contributed by atoms with van der Waals surface area (Å²) < 4.78 is 1.79. The van der Waals surface area contributed by atoms with Crippen LogP contribution in [0, 0.1) is 12.8 Å². The molecular formula is C18H22N2OS2. The van der Waals surface area contributed by atoms with Crippen molar-refractivity contribution in [2.45, 2.75) is 49.4 Å². The van der Waals surface area contributed by atoms with Crippen LogP contribution in [0.3, 0.4) is 0 Å². The first-order chi connectivity index (χ1) is 11.0. The van der Waals surface area contributed by atoms with Crippen LogP contribution in [0.1, 0.15) is 32.0 Å². The van der Waals surface area contributed by atoms with Crippen LogP contribution in [0.5, 0.6) is 0 Å². The van der Waals surface area contributed by atoms with E-state index in [1.54, 1.807) is 28.1 Å². The maximum Gasteiger partial charge on any atom is 0.272 e. The lowest BCUT2D eigenvalue weighted by atomic mass is 10.2. The van der Waals surface area contributed by atoms with Gasteiger partial charge in [-0.3, -0.25) is 9.36 Å². The highest BCUT2D eigenvalue weighted by Crippen LogP contribution is 2.35. The van der Waals surface area contributed by atoms with Crippen molar-refractivity contribution in [1.82, 2.24) is 9.55 Å². The molecule has 0 fully saturated rings. The molecule has 3 rings (SSSR count). The summed E-state index contributed by atoms with van der Waals surface area (Å²) in [5, 5.41) is 1.25. The standard InChI is InChI=1S/C18H22N2OS2/c1-11(2)10-22-18-19-15-9-13(4)23-16(15)17(21)20(18)14-7-5-12(3)6-8-14/h5-8,11,13H,9-10H2,1-4H3. The van der Waals surface area contributed by atoms with Crippen LogP contribution in [0.25, 0.3) is 5.69 Å². The van der Waals surface area contributed by atoms with Gasteiger partial charge in [-0.25, -0.2) is 4.98 Å². The molecule has 2 heterocycles. The minimum atomic E-state index is 0.0828. The molecule has 0 saturated heterocycles. The van der Waals surface area contributed by atoms with Crippen molar-refractivity contribution in [2.75, 3.05) is 5.75 Å². The molecule has 0 radical (unpaired) electrons. The molecule has 1 aromatic carbocycles. The summed E-state index contributed by atoms with van der Waals surface area (Å²) in [6, 6.07) is 8.10. The molecule has 1 atom stereocenters. The normalized spacial score (nSPS) is 16.8. The van der Waals surface area contributed by atoms with Gasteiger partial charge in [0.1, 0.15) is 0 Å². The second-order valence-electron chi connectivity index (χ2n) is 6.48. The fraction of sp³-hybridized carbons (Fsp3) is 0.444. The topological polar surface area (TPSA) is 34.9 Å². The van der Waals surface area contributed by atoms with Crippen LogP contribution in [0.2, 0.25) is 0 Å². The van der Waals surface area contributed by atoms with Crippen molar-refractivity contribution in [1.29, 1.82) is 0 Å². The highest BCUT2D eigenvalue weighted by Gasteiger charge is 2.26. The Kier molecular flexibility index (Phi) is 4.87. The maximum absolute atomic E-state index is 13.0. The minimum Gasteiger partial charge on any atom is -0.268 e. The number of rotatable bonds is 4. The van der Waals surface area contributed by atoms with Gasteiger partial charge >= 0.3 is 0 Å². The van der Waals surface area contributed by atoms with E-state index in [4.69, 9.17) is 4.98 Å². The van der Waals surface area contributed by atoms with Crippen molar-refractivity contribution in [3.05, 3.63) is 45.9 Å². The third kappa shape index (κ3) is 3.50. The lowest BCUT2D eigenvalue weighted by molar-refractivity contribution is 0.716. The lowest BCUT2D eigenvalue weighted by Crippen LogP contribution is -2.24. The highest BCUT2D eigenvalue weighted by molar-refractivity contribution is 8.00. The zero-order valence-electron chi connectivity index (χ0n) is 14.0. The van der Waals surface area contributed by atoms with E-state index in [1.165, 1.54) is 5.56 Å². The summed E-state index contributed by atoms with van der Waals surface area (Å²) in [7, 11) is 0. The summed E-state index contributed by atoms with van der Waals surface area (Å²) in [4.78, 5) is 18.7. The molecule has 23 heavy (non-hydrogen) atoms. The van der Waals surface area contributed by atoms with E-state index < -0.39 is 0 Å². The van der Waals surface area contributed by atoms with Crippen LogP contribution >= 0.6 is 23.5 Å². The van der Waals surface area contributed by atoms with E-state index in [1.807, 2.05) is 24.3 Å². The minimum absolute atomic E-state index is 0.0828. The molecule has 5 heteroatoms. The van der Waals surface area contributed by atoms with Crippen molar-refractivity contribution < 1.29 is 0 Å². The Hall–Kier alpha value is -1.20. The Balaban J connectivity index is 2.13. The van der Waals surface area contributed by atoms with Crippen LogP contribution in [-0.2, 0) is 6.42 Å². The predicted molar refractivity (Wildman–Crippen MR) is 99.2 cm³/mol. The number of aryl methyl sites for hydroxylation is 1. The third-order valence-electron chi connectivity index (χ3n) is 3.72. The molecule has 1 aromatic heterocycles. The van der Waals surface area contributed by atoms with Crippen LogP contribution in [0.15, 0.2) is 39.1 Å². The average Bonchev–Trinajstić information content (AvgIpc) is 2.87. The number of nitrogens with zero attached hydrogens (tertiary/aromatic N) is 2. The first kappa shape index (κ1) is 16.7. The van der Waals surface area contributed by atoms with Gasteiger partial charge in [0, 0.05) is 17.4 Å². The largest absolute Gasteiger partial charge is 0.272 e. The van der Waals surface area contributed by atoms with Crippen molar-refractivity contribution in [3.8, 4) is 5.69 Å². The predicted octanol–water partition coefficient (Wildman–Crippen LogP) is 4.33. The smallest absolute Gasteiger partial charge is 0.268 e. The fourth-order valence-corrected chi connectivity index (χ4v) is 4.63. The van der Waals surface area contributed by atoms with Gasteiger partial charge in [0.05, 0.1) is 16.3 Å². The zero-order valence-corrected chi connectivity index (χ0v) is 15.6. The first-order valence-corrected chi connectivity index (χ1v) is 9.84. The van der Waals surface area contributed by atoms with Gasteiger partial charge in [0.15, 0.2) is 5.16 Å². The van der Waals surface area contributed by atoms with E-state index in [-0.39, 0.29) is 5.56 Å². The summed E-state index contributed by atoms with van der Waals surface area (Å²) >= 11 is 3.34. The molecule has 0 bridgehead atoms. The van der Waals surface area contributed by atoms with Gasteiger partial charge in [-0.1, -0.05) is 50.2 Å². The van der Waals surface area contributed by atoms with Gasteiger partial charge in [-0.2, -0.15) is 0 Å². The highest BCUT2D eigenvalue weighted by atomic mass is 32.2. The monoisotopic (exact) mass is 346 g/mol. The molecule has 0 N–H and O–H groups in total. The van der Waals surface area contributed by atoms with Crippen LogP contribution < -0.4 is 5.56 Å². The van der Waals surface area contributed by atoms with E-state index in [0.717, 1.165) is 33.6 Å². The van der Waals surface area contributed by atoms with Crippen molar-refractivity contribution >= 4 is 23.5 Å². The summed E-state index contributed by atoms with van der Waals surface area (Å²) in [6.45, 7) is 8.58. The number of fused-ring (bicyclic) bond motifs is 1. The fourth-order valence-electron chi connectivity index (χ4n) is 2.56. The van der Waals surface area contributed by atoms with E-state index in [2.05, 4.69) is 27.7 Å². The average molecular weight is 347 g/mol. The molecule has 0 spiro atoms. The Morgan fingerprint density at radius 1 is 1.35 bits per heavy atom. The van der Waals surface area contributed by atoms with Crippen molar-refractivity contribution in [3.63, 3.8) is 0 Å². The SMILES string of the molecule is Cc1ccc(-n2c(SCC(C)C)nc3c(c2=O)SC(C)C3)cc1. The van der Waals surface area contributed by atoms with Crippen LogP contribution in [0.4, 0.5) is 0 Å². The second-order valence-corrected chi connectivity index (χ2v) is 8.92. The van der Waals surface area contributed by atoms with Gasteiger partial charge in [-0.05, 0) is 25.0 Å². The second kappa shape index (κ2) is 6.73. The quantitative estimate of drug-likeness (QED) is 0.610. The summed E-state index contributed by atoms with van der Waals surface area (Å²) in [5.74, 6) is 1.52. The number of thioether (sulfide) groups is 2. The van der Waals surface area contributed by atoms with Crippen molar-refractivity contribution in [2.24, 2.45) is 5.92 Å². The van der Waals surface area contributed by atoms with E-state index >= 15 is 0 Å². The van der Waals surface area contributed by atoms with E-state index in [9.17, 15) is 4.79 Å².